The van der Waals surface area contributed by atoms with E-state index in [0.717, 1.165) is 0 Å². The molecule has 0 unspecified atom stereocenters. The second-order valence-electron chi connectivity index (χ2n) is 2.69. The number of aromatic nitrogens is 4. The van der Waals surface area contributed by atoms with E-state index >= 15 is 0 Å². The molecule has 0 saturated heterocycles. The molecule has 0 saturated carbocycles. The van der Waals surface area contributed by atoms with Crippen LogP contribution in [0.15, 0.2) is 17.2 Å². The van der Waals surface area contributed by atoms with E-state index in [4.69, 9.17) is 4.74 Å². The van der Waals surface area contributed by atoms with Crippen LogP contribution in [0.4, 0.5) is 0 Å². The first-order chi connectivity index (χ1) is 6.74. The summed E-state index contributed by atoms with van der Waals surface area (Å²) < 4.78 is 6.21. The molecule has 6 nitrogen and oxygen atoms in total. The van der Waals surface area contributed by atoms with E-state index in [1.807, 2.05) is 0 Å². The summed E-state index contributed by atoms with van der Waals surface area (Å²) in [6, 6.07) is 0.225. The lowest BCUT2D eigenvalue weighted by molar-refractivity contribution is 0.359. The molecule has 0 N–H and O–H groups in total. The minimum Gasteiger partial charge on any atom is -0.468 e. The summed E-state index contributed by atoms with van der Waals surface area (Å²) in [6.07, 6.45) is 2.94. The maximum Gasteiger partial charge on any atom is 0.300 e. The standard InChI is InChI=1S/C8H8N4O2/c1-12-7(13)5-6(10-4-3-9-5)11-8(12)14-2/h3-4H,1-2H3. The number of ether oxygens (including phenoxy) is 1. The summed E-state index contributed by atoms with van der Waals surface area (Å²) in [6.45, 7) is 0. The topological polar surface area (TPSA) is 69.9 Å². The molecule has 0 aliphatic carbocycles. The zero-order valence-corrected chi connectivity index (χ0v) is 7.76. The van der Waals surface area contributed by atoms with Crippen LogP contribution in [0.5, 0.6) is 6.01 Å². The summed E-state index contributed by atoms with van der Waals surface area (Å²) in [5, 5.41) is 0. The van der Waals surface area contributed by atoms with Crippen LogP contribution in [0, 0.1) is 0 Å². The van der Waals surface area contributed by atoms with Crippen LogP contribution in [0.3, 0.4) is 0 Å². The van der Waals surface area contributed by atoms with Crippen molar-refractivity contribution in [2.75, 3.05) is 7.11 Å². The van der Waals surface area contributed by atoms with E-state index in [0.29, 0.717) is 5.65 Å². The van der Waals surface area contributed by atoms with Crippen molar-refractivity contribution in [3.05, 3.63) is 22.7 Å². The van der Waals surface area contributed by atoms with Gasteiger partial charge in [0.1, 0.15) is 0 Å². The molecule has 0 aliphatic heterocycles. The molecule has 2 heterocycles. The van der Waals surface area contributed by atoms with Crippen LogP contribution in [0.2, 0.25) is 0 Å². The highest BCUT2D eigenvalue weighted by Gasteiger charge is 2.08. The largest absolute Gasteiger partial charge is 0.468 e. The van der Waals surface area contributed by atoms with Gasteiger partial charge in [0, 0.05) is 19.4 Å². The summed E-state index contributed by atoms with van der Waals surface area (Å²) in [5.41, 5.74) is 0.281. The first kappa shape index (κ1) is 8.61. The molecular formula is C8H8N4O2. The number of hydrogen-bond donors (Lipinski definition) is 0. The van der Waals surface area contributed by atoms with Gasteiger partial charge in [0.15, 0.2) is 11.2 Å². The van der Waals surface area contributed by atoms with Crippen LogP contribution in [0.25, 0.3) is 11.2 Å². The molecule has 14 heavy (non-hydrogen) atoms. The Hall–Kier alpha value is -1.98. The van der Waals surface area contributed by atoms with Gasteiger partial charge in [-0.3, -0.25) is 9.36 Å². The van der Waals surface area contributed by atoms with Crippen molar-refractivity contribution in [3.8, 4) is 6.01 Å². The van der Waals surface area contributed by atoms with Gasteiger partial charge in [-0.15, -0.1) is 0 Å². The lowest BCUT2D eigenvalue weighted by atomic mass is 10.5. The van der Waals surface area contributed by atoms with Crippen molar-refractivity contribution in [2.24, 2.45) is 7.05 Å². The molecule has 0 spiro atoms. The molecule has 2 aromatic rings. The normalized spacial score (nSPS) is 10.4. The van der Waals surface area contributed by atoms with Gasteiger partial charge in [-0.1, -0.05) is 0 Å². The fourth-order valence-electron chi connectivity index (χ4n) is 1.16. The van der Waals surface area contributed by atoms with Gasteiger partial charge in [0.05, 0.1) is 7.11 Å². The molecule has 0 atom stereocenters. The van der Waals surface area contributed by atoms with Crippen LogP contribution >= 0.6 is 0 Å². The Bertz CT molecular complexity index is 534. The van der Waals surface area contributed by atoms with Crippen molar-refractivity contribution >= 4 is 11.2 Å². The Labute approximate surface area is 79.2 Å². The molecule has 0 fully saturated rings. The number of fused-ring (bicyclic) bond motifs is 1. The van der Waals surface area contributed by atoms with E-state index in [1.54, 1.807) is 7.05 Å². The minimum atomic E-state index is -0.264. The molecule has 0 radical (unpaired) electrons. The molecule has 72 valence electrons. The Kier molecular flexibility index (Phi) is 1.88. The molecule has 2 aromatic heterocycles. The monoisotopic (exact) mass is 192 g/mol. The fourth-order valence-corrected chi connectivity index (χ4v) is 1.16. The molecule has 0 amide bonds. The molecule has 0 aliphatic rings. The van der Waals surface area contributed by atoms with E-state index in [1.165, 1.54) is 24.1 Å². The molecule has 2 rings (SSSR count). The van der Waals surface area contributed by atoms with Gasteiger partial charge >= 0.3 is 6.01 Å². The third-order valence-electron chi connectivity index (χ3n) is 1.86. The zero-order valence-electron chi connectivity index (χ0n) is 7.76. The Morgan fingerprint density at radius 1 is 1.36 bits per heavy atom. The van der Waals surface area contributed by atoms with Crippen LogP contribution in [-0.2, 0) is 7.05 Å². The summed E-state index contributed by atoms with van der Waals surface area (Å²) in [4.78, 5) is 23.5. The van der Waals surface area contributed by atoms with E-state index in [9.17, 15) is 4.79 Å². The second kappa shape index (κ2) is 3.06. The average Bonchev–Trinajstić information content (AvgIpc) is 2.23. The maximum absolute atomic E-state index is 11.6. The van der Waals surface area contributed by atoms with Crippen LogP contribution in [-0.4, -0.2) is 26.6 Å². The summed E-state index contributed by atoms with van der Waals surface area (Å²) in [5.74, 6) is 0. The van der Waals surface area contributed by atoms with E-state index in [2.05, 4.69) is 15.0 Å². The van der Waals surface area contributed by atoms with Crippen LogP contribution in [0.1, 0.15) is 0 Å². The number of rotatable bonds is 1. The minimum absolute atomic E-state index is 0.225. The van der Waals surface area contributed by atoms with Crippen molar-refractivity contribution in [1.82, 2.24) is 19.5 Å². The molecular weight excluding hydrogens is 184 g/mol. The van der Waals surface area contributed by atoms with Gasteiger partial charge < -0.3 is 4.74 Å². The second-order valence-corrected chi connectivity index (χ2v) is 2.69. The number of hydrogen-bond acceptors (Lipinski definition) is 5. The van der Waals surface area contributed by atoms with Crippen LogP contribution < -0.4 is 10.3 Å². The third kappa shape index (κ3) is 1.12. The van der Waals surface area contributed by atoms with Gasteiger partial charge in [-0.05, 0) is 0 Å². The summed E-state index contributed by atoms with van der Waals surface area (Å²) >= 11 is 0. The first-order valence-electron chi connectivity index (χ1n) is 3.96. The predicted octanol–water partition coefficient (Wildman–Crippen LogP) is -0.268. The van der Waals surface area contributed by atoms with Crippen molar-refractivity contribution in [2.45, 2.75) is 0 Å². The SMILES string of the molecule is COc1nc2nccnc2c(=O)n1C. The first-order valence-corrected chi connectivity index (χ1v) is 3.96. The number of methoxy groups -OCH3 is 1. The maximum atomic E-state index is 11.6. The van der Waals surface area contributed by atoms with Crippen molar-refractivity contribution in [3.63, 3.8) is 0 Å². The molecule has 0 bridgehead atoms. The van der Waals surface area contributed by atoms with Gasteiger partial charge in [-0.2, -0.15) is 4.98 Å². The van der Waals surface area contributed by atoms with Gasteiger partial charge in [0.25, 0.3) is 5.56 Å². The zero-order chi connectivity index (χ0) is 10.1. The average molecular weight is 192 g/mol. The van der Waals surface area contributed by atoms with Gasteiger partial charge in [-0.25, -0.2) is 9.97 Å². The third-order valence-corrected chi connectivity index (χ3v) is 1.86. The lowest BCUT2D eigenvalue weighted by Gasteiger charge is -2.04. The van der Waals surface area contributed by atoms with E-state index < -0.39 is 0 Å². The highest BCUT2D eigenvalue weighted by molar-refractivity contribution is 5.67. The number of nitrogens with zero attached hydrogens (tertiary/aromatic N) is 4. The van der Waals surface area contributed by atoms with Gasteiger partial charge in [0.2, 0.25) is 0 Å². The van der Waals surface area contributed by atoms with Crippen molar-refractivity contribution < 1.29 is 4.74 Å². The Balaban J connectivity index is 2.92. The smallest absolute Gasteiger partial charge is 0.300 e. The molecule has 0 aromatic carbocycles. The lowest BCUT2D eigenvalue weighted by Crippen LogP contribution is -2.21. The fraction of sp³-hybridized carbons (Fsp3) is 0.250. The Morgan fingerprint density at radius 3 is 2.79 bits per heavy atom. The quantitative estimate of drug-likeness (QED) is 0.622. The summed E-state index contributed by atoms with van der Waals surface area (Å²) in [7, 11) is 3.02. The Morgan fingerprint density at radius 2 is 2.07 bits per heavy atom. The highest BCUT2D eigenvalue weighted by atomic mass is 16.5. The van der Waals surface area contributed by atoms with E-state index in [-0.39, 0.29) is 17.1 Å². The highest BCUT2D eigenvalue weighted by Crippen LogP contribution is 2.05. The molecule has 6 heteroatoms. The predicted molar refractivity (Wildman–Crippen MR) is 49.1 cm³/mol. The van der Waals surface area contributed by atoms with Crippen molar-refractivity contribution in [1.29, 1.82) is 0 Å².